The molecule has 0 saturated heterocycles. The van der Waals surface area contributed by atoms with Gasteiger partial charge in [-0.2, -0.15) is 5.26 Å². The van der Waals surface area contributed by atoms with Gasteiger partial charge in [-0.25, -0.2) is 4.79 Å². The highest BCUT2D eigenvalue weighted by molar-refractivity contribution is 5.93. The summed E-state index contributed by atoms with van der Waals surface area (Å²) in [7, 11) is 2.88. The molecule has 0 N–H and O–H groups in total. The highest BCUT2D eigenvalue weighted by Gasteiger charge is 2.50. The van der Waals surface area contributed by atoms with Crippen molar-refractivity contribution < 1.29 is 14.3 Å². The van der Waals surface area contributed by atoms with Crippen molar-refractivity contribution in [2.75, 3.05) is 14.2 Å². The van der Waals surface area contributed by atoms with E-state index in [0.29, 0.717) is 17.6 Å². The lowest BCUT2D eigenvalue weighted by molar-refractivity contribution is -0.136. The quantitative estimate of drug-likeness (QED) is 0.344. The zero-order valence-corrected chi connectivity index (χ0v) is 12.1. The van der Waals surface area contributed by atoms with Crippen molar-refractivity contribution in [3.63, 3.8) is 0 Å². The molecule has 108 valence electrons. The van der Waals surface area contributed by atoms with E-state index >= 15 is 0 Å². The van der Waals surface area contributed by atoms with Gasteiger partial charge in [0, 0.05) is 5.92 Å². The second kappa shape index (κ2) is 5.12. The second-order valence-electron chi connectivity index (χ2n) is 6.50. The van der Waals surface area contributed by atoms with Gasteiger partial charge in [-0.3, -0.25) is 0 Å². The Bertz CT molecular complexity index is 460. The maximum atomic E-state index is 11.8. The highest BCUT2D eigenvalue weighted by Crippen LogP contribution is 2.58. The number of nitrogens with zero attached hydrogens (tertiary/aromatic N) is 1. The summed E-state index contributed by atoms with van der Waals surface area (Å²) >= 11 is 0. The molecule has 4 bridgehead atoms. The van der Waals surface area contributed by atoms with Crippen LogP contribution in [0, 0.1) is 40.9 Å². The molecular formula is C16H21NO3. The first-order chi connectivity index (χ1) is 9.67. The minimum Gasteiger partial charge on any atom is -0.499 e. The van der Waals surface area contributed by atoms with Gasteiger partial charge in [0.15, 0.2) is 5.57 Å². The summed E-state index contributed by atoms with van der Waals surface area (Å²) in [5.74, 6) is 3.11. The van der Waals surface area contributed by atoms with Crippen molar-refractivity contribution in [2.24, 2.45) is 29.6 Å². The number of methoxy groups -OCH3 is 2. The largest absolute Gasteiger partial charge is 0.499 e. The standard InChI is InChI=1S/C16H21NO3/c1-19-15(13(8-17)16(18)20-2)14-11-4-9-3-10(6-11)7-12(14)5-9/h9-12,14H,3-7H2,1-2H3/b15-13-. The van der Waals surface area contributed by atoms with Crippen molar-refractivity contribution in [1.82, 2.24) is 0 Å². The molecule has 4 aliphatic rings. The maximum absolute atomic E-state index is 11.8. The van der Waals surface area contributed by atoms with Crippen LogP contribution < -0.4 is 0 Å². The summed E-state index contributed by atoms with van der Waals surface area (Å²) in [6.07, 6.45) is 6.29. The molecule has 0 aromatic rings. The molecule has 0 amide bonds. The Hall–Kier alpha value is -1.50. The third-order valence-corrected chi connectivity index (χ3v) is 5.50. The molecule has 4 rings (SSSR count). The van der Waals surface area contributed by atoms with Crippen molar-refractivity contribution in [3.8, 4) is 6.07 Å². The molecule has 4 aliphatic carbocycles. The summed E-state index contributed by atoms with van der Waals surface area (Å²) in [6, 6.07) is 1.99. The van der Waals surface area contributed by atoms with Crippen LogP contribution in [-0.4, -0.2) is 20.2 Å². The molecule has 0 aromatic carbocycles. The summed E-state index contributed by atoms with van der Waals surface area (Å²) < 4.78 is 10.2. The van der Waals surface area contributed by atoms with Crippen LogP contribution in [-0.2, 0) is 14.3 Å². The first kappa shape index (κ1) is 13.5. The molecule has 4 heteroatoms. The SMILES string of the molecule is COC(=O)/C(C#N)=C(\OC)C1C2CC3CC(C2)CC1C3. The van der Waals surface area contributed by atoms with Gasteiger partial charge >= 0.3 is 5.97 Å². The molecule has 0 spiro atoms. The third kappa shape index (κ3) is 2.00. The molecule has 0 atom stereocenters. The van der Waals surface area contributed by atoms with Crippen LogP contribution >= 0.6 is 0 Å². The molecule has 0 aliphatic heterocycles. The topological polar surface area (TPSA) is 59.3 Å². The minimum atomic E-state index is -0.571. The molecular weight excluding hydrogens is 254 g/mol. The van der Waals surface area contributed by atoms with Gasteiger partial charge in [-0.1, -0.05) is 0 Å². The van der Waals surface area contributed by atoms with Crippen molar-refractivity contribution in [2.45, 2.75) is 32.1 Å². The van der Waals surface area contributed by atoms with E-state index in [9.17, 15) is 10.1 Å². The second-order valence-corrected chi connectivity index (χ2v) is 6.50. The lowest BCUT2D eigenvalue weighted by atomic mass is 9.51. The molecule has 4 fully saturated rings. The van der Waals surface area contributed by atoms with Gasteiger partial charge in [0.25, 0.3) is 0 Å². The van der Waals surface area contributed by atoms with Crippen molar-refractivity contribution in [3.05, 3.63) is 11.3 Å². The Morgan fingerprint density at radius 3 is 1.95 bits per heavy atom. The van der Waals surface area contributed by atoms with E-state index in [4.69, 9.17) is 9.47 Å². The number of rotatable bonds is 3. The van der Waals surface area contributed by atoms with Gasteiger partial charge in [-0.05, 0) is 55.8 Å². The number of hydrogen-bond acceptors (Lipinski definition) is 4. The van der Waals surface area contributed by atoms with Crippen LogP contribution in [0.25, 0.3) is 0 Å². The number of carbonyl (C=O) groups excluding carboxylic acids is 1. The lowest BCUT2D eigenvalue weighted by Crippen LogP contribution is -2.46. The van der Waals surface area contributed by atoms with Gasteiger partial charge in [0.05, 0.1) is 14.2 Å². The molecule has 4 nitrogen and oxygen atoms in total. The number of ether oxygens (including phenoxy) is 2. The van der Waals surface area contributed by atoms with Gasteiger partial charge in [-0.15, -0.1) is 0 Å². The van der Waals surface area contributed by atoms with E-state index in [2.05, 4.69) is 0 Å². The van der Waals surface area contributed by atoms with Gasteiger partial charge in [0.2, 0.25) is 0 Å². The summed E-state index contributed by atoms with van der Waals surface area (Å²) in [5, 5.41) is 9.30. The number of allylic oxidation sites excluding steroid dienone is 1. The summed E-state index contributed by atoms with van der Waals surface area (Å²) in [5.41, 5.74) is 0.0625. The Morgan fingerprint density at radius 2 is 1.55 bits per heavy atom. The van der Waals surface area contributed by atoms with Crippen LogP contribution in [0.15, 0.2) is 11.3 Å². The average Bonchev–Trinajstić information content (AvgIpc) is 2.44. The zero-order valence-electron chi connectivity index (χ0n) is 12.1. The van der Waals surface area contributed by atoms with Crippen molar-refractivity contribution >= 4 is 5.97 Å². The van der Waals surface area contributed by atoms with Crippen molar-refractivity contribution in [1.29, 1.82) is 5.26 Å². The number of hydrogen-bond donors (Lipinski definition) is 0. The van der Waals surface area contributed by atoms with Crippen LogP contribution in [0.3, 0.4) is 0 Å². The molecule has 20 heavy (non-hydrogen) atoms. The fourth-order valence-electron chi connectivity index (χ4n) is 5.06. The zero-order chi connectivity index (χ0) is 14.3. The monoisotopic (exact) mass is 275 g/mol. The normalized spacial score (nSPS) is 39.0. The molecule has 0 radical (unpaired) electrons. The molecule has 4 saturated carbocycles. The predicted octanol–water partition coefficient (Wildman–Crippen LogP) is 2.66. The van der Waals surface area contributed by atoms with E-state index in [1.807, 2.05) is 6.07 Å². The summed E-state index contributed by atoms with van der Waals surface area (Å²) in [4.78, 5) is 11.8. The van der Waals surface area contributed by atoms with Gasteiger partial charge in [0.1, 0.15) is 11.8 Å². The third-order valence-electron chi connectivity index (χ3n) is 5.50. The predicted molar refractivity (Wildman–Crippen MR) is 72.2 cm³/mol. The number of carbonyl (C=O) groups is 1. The Morgan fingerprint density at radius 1 is 1.00 bits per heavy atom. The lowest BCUT2D eigenvalue weighted by Gasteiger charge is -2.54. The average molecular weight is 275 g/mol. The van der Waals surface area contributed by atoms with E-state index in [-0.39, 0.29) is 11.5 Å². The summed E-state index contributed by atoms with van der Waals surface area (Å²) in [6.45, 7) is 0. The van der Waals surface area contributed by atoms with Crippen LogP contribution in [0.4, 0.5) is 0 Å². The minimum absolute atomic E-state index is 0.0625. The maximum Gasteiger partial charge on any atom is 0.352 e. The Kier molecular flexibility index (Phi) is 3.45. The Labute approximate surface area is 119 Å². The van der Waals surface area contributed by atoms with Crippen LogP contribution in [0.5, 0.6) is 0 Å². The van der Waals surface area contributed by atoms with Crippen LogP contribution in [0.1, 0.15) is 32.1 Å². The smallest absolute Gasteiger partial charge is 0.352 e. The highest BCUT2D eigenvalue weighted by atomic mass is 16.5. The van der Waals surface area contributed by atoms with Crippen LogP contribution in [0.2, 0.25) is 0 Å². The fourth-order valence-corrected chi connectivity index (χ4v) is 5.06. The van der Waals surface area contributed by atoms with E-state index < -0.39 is 5.97 Å². The molecule has 0 heterocycles. The number of nitriles is 1. The van der Waals surface area contributed by atoms with E-state index in [0.717, 1.165) is 11.8 Å². The van der Waals surface area contributed by atoms with E-state index in [1.165, 1.54) is 39.2 Å². The molecule has 0 unspecified atom stereocenters. The van der Waals surface area contributed by atoms with Gasteiger partial charge < -0.3 is 9.47 Å². The first-order valence-electron chi connectivity index (χ1n) is 7.44. The van der Waals surface area contributed by atoms with E-state index in [1.54, 1.807) is 7.11 Å². The number of esters is 1. The molecule has 0 aromatic heterocycles. The Balaban J connectivity index is 1.96. The fraction of sp³-hybridized carbons (Fsp3) is 0.750. The first-order valence-corrected chi connectivity index (χ1v) is 7.44.